The summed E-state index contributed by atoms with van der Waals surface area (Å²) >= 11 is 0. The van der Waals surface area contributed by atoms with E-state index in [0.717, 1.165) is 0 Å². The van der Waals surface area contributed by atoms with Crippen LogP contribution in [0.1, 0.15) is 0 Å². The van der Waals surface area contributed by atoms with Crippen LogP contribution in [-0.2, 0) is 66.7 Å². The van der Waals surface area contributed by atoms with Gasteiger partial charge in [-0.25, -0.2) is 0 Å². The van der Waals surface area contributed by atoms with Crippen molar-refractivity contribution in [3.63, 3.8) is 0 Å². The minimum Gasteiger partial charge on any atom is -0.412 e. The van der Waals surface area contributed by atoms with Crippen molar-refractivity contribution < 1.29 is 72.2 Å². The van der Waals surface area contributed by atoms with Crippen LogP contribution >= 0.6 is 0 Å². The molecule has 0 heterocycles. The van der Waals surface area contributed by atoms with Crippen LogP contribution in [0.25, 0.3) is 0 Å². The molecule has 4 heavy (non-hydrogen) atoms. The monoisotopic (exact) mass is 385 g/mol. The van der Waals surface area contributed by atoms with Gasteiger partial charge in [0.25, 0.3) is 0 Å². The third-order valence-electron chi connectivity index (χ3n) is 0. The van der Waals surface area contributed by atoms with Crippen molar-refractivity contribution in [2.24, 2.45) is 0 Å². The molecule has 0 saturated heterocycles. The van der Waals surface area contributed by atoms with E-state index >= 15 is 0 Å². The zero-order valence-electron chi connectivity index (χ0n) is 1.86. The van der Waals surface area contributed by atoms with Gasteiger partial charge in [0, 0.05) is 66.7 Å². The van der Waals surface area contributed by atoms with E-state index in [-0.39, 0.29) is 72.2 Å². The summed E-state index contributed by atoms with van der Waals surface area (Å²) < 4.78 is 0. The maximum Gasteiger partial charge on any atom is 0 e. The van der Waals surface area contributed by atoms with Gasteiger partial charge in [0.1, 0.15) is 0 Å². The van der Waals surface area contributed by atoms with Gasteiger partial charge in [-0.3, -0.25) is 0 Å². The van der Waals surface area contributed by atoms with Crippen molar-refractivity contribution in [1.29, 1.82) is 0 Å². The first-order valence-corrected chi connectivity index (χ1v) is 0. The standard InChI is InChI=1S/Au.Cd.Fe.H2O/h;;;1H2. The molecule has 0 aliphatic heterocycles. The normalized spacial score (nSPS) is 0. The summed E-state index contributed by atoms with van der Waals surface area (Å²) in [7, 11) is 0. The maximum absolute atomic E-state index is 0. The molecule has 0 aromatic carbocycles. The molecule has 1 radical (unpaired) electrons. The first-order valence-electron chi connectivity index (χ1n) is 0. The zero-order chi connectivity index (χ0) is 0. The minimum atomic E-state index is 0. The van der Waals surface area contributed by atoms with Crippen LogP contribution in [0.3, 0.4) is 0 Å². The maximum atomic E-state index is 0. The first-order chi connectivity index (χ1) is 0. The molecule has 0 bridgehead atoms. The van der Waals surface area contributed by atoms with Gasteiger partial charge in [-0.1, -0.05) is 0 Å². The Kier molecular flexibility index (Phi) is 170. The number of hydrogen-bond donors (Lipinski definition) is 0. The molecule has 0 rings (SSSR count). The van der Waals surface area contributed by atoms with Crippen LogP contribution in [0, 0.1) is 0 Å². The van der Waals surface area contributed by atoms with Crippen molar-refractivity contribution in [3.8, 4) is 0 Å². The van der Waals surface area contributed by atoms with Crippen molar-refractivity contribution >= 4 is 0 Å². The van der Waals surface area contributed by atoms with E-state index in [2.05, 4.69) is 0 Å². The van der Waals surface area contributed by atoms with E-state index in [1.807, 2.05) is 0 Å². The van der Waals surface area contributed by atoms with E-state index in [0.29, 0.717) is 0 Å². The summed E-state index contributed by atoms with van der Waals surface area (Å²) in [6.45, 7) is 0. The van der Waals surface area contributed by atoms with Gasteiger partial charge in [0.05, 0.1) is 0 Å². The van der Waals surface area contributed by atoms with Gasteiger partial charge >= 0.3 is 0 Å². The topological polar surface area (TPSA) is 31.5 Å². The second-order valence-electron chi connectivity index (χ2n) is 0. The molecule has 0 saturated carbocycles. The van der Waals surface area contributed by atoms with Crippen LogP contribution in [0.5, 0.6) is 0 Å². The minimum absolute atomic E-state index is 0. The molecule has 0 amide bonds. The Morgan fingerprint density at radius 3 is 1.00 bits per heavy atom. The molecular formula is H2AuCdFeO. The SMILES string of the molecule is O.[Au].[Cd].[Fe]. The van der Waals surface area contributed by atoms with Crippen LogP contribution in [-0.4, -0.2) is 5.48 Å². The van der Waals surface area contributed by atoms with Crippen LogP contribution in [0.15, 0.2) is 0 Å². The van der Waals surface area contributed by atoms with E-state index in [1.165, 1.54) is 0 Å². The Hall–Kier alpha value is 2.14. The Labute approximate surface area is 71.4 Å². The molecule has 0 aromatic heterocycles. The molecule has 2 N–H and O–H groups in total. The van der Waals surface area contributed by atoms with E-state index in [9.17, 15) is 0 Å². The van der Waals surface area contributed by atoms with Gasteiger partial charge in [0.2, 0.25) is 0 Å². The molecule has 1 nitrogen and oxygen atoms in total. The molecular weight excluding hydrogens is 381 g/mol. The predicted molar refractivity (Wildman–Crippen MR) is 3.61 cm³/mol. The third kappa shape index (κ3) is 8.91. The smallest absolute Gasteiger partial charge is 0 e. The Bertz CT molecular complexity index is 8.00. The molecule has 0 atom stereocenters. The number of rotatable bonds is 0. The molecule has 0 fully saturated rings. The summed E-state index contributed by atoms with van der Waals surface area (Å²) in [5.74, 6) is 0. The van der Waals surface area contributed by atoms with Crippen LogP contribution < -0.4 is 0 Å². The summed E-state index contributed by atoms with van der Waals surface area (Å²) in [6, 6.07) is 0. The summed E-state index contributed by atoms with van der Waals surface area (Å²) in [5.41, 5.74) is 0. The fourth-order valence-corrected chi connectivity index (χ4v) is 0. The molecule has 0 aromatic rings. The van der Waals surface area contributed by atoms with E-state index in [4.69, 9.17) is 0 Å². The van der Waals surface area contributed by atoms with E-state index in [1.54, 1.807) is 0 Å². The Balaban J connectivity index is 0. The van der Waals surface area contributed by atoms with Crippen molar-refractivity contribution in [3.05, 3.63) is 0 Å². The van der Waals surface area contributed by atoms with Crippen molar-refractivity contribution in [2.75, 3.05) is 0 Å². The molecule has 0 spiro atoms. The van der Waals surface area contributed by atoms with E-state index < -0.39 is 0 Å². The van der Waals surface area contributed by atoms with Crippen LogP contribution in [0.2, 0.25) is 0 Å². The second-order valence-corrected chi connectivity index (χ2v) is 0. The molecule has 0 unspecified atom stereocenters. The van der Waals surface area contributed by atoms with Gasteiger partial charge in [0.15, 0.2) is 0 Å². The average molecular weight is 383 g/mol. The molecule has 0 aliphatic rings. The fraction of sp³-hybridized carbons (Fsp3) is 0. The predicted octanol–water partition coefficient (Wildman–Crippen LogP) is -0.832. The third-order valence-corrected chi connectivity index (χ3v) is 0. The van der Waals surface area contributed by atoms with Gasteiger partial charge < -0.3 is 5.48 Å². The molecule has 0 aliphatic carbocycles. The molecule has 29 valence electrons. The zero-order valence-corrected chi connectivity index (χ0v) is 9.17. The fourth-order valence-electron chi connectivity index (χ4n) is 0. The van der Waals surface area contributed by atoms with Gasteiger partial charge in [-0.05, 0) is 0 Å². The van der Waals surface area contributed by atoms with Gasteiger partial charge in [-0.2, -0.15) is 0 Å². The summed E-state index contributed by atoms with van der Waals surface area (Å²) in [6.07, 6.45) is 0. The summed E-state index contributed by atoms with van der Waals surface area (Å²) in [5, 5.41) is 0. The van der Waals surface area contributed by atoms with Gasteiger partial charge in [-0.15, -0.1) is 0 Å². The van der Waals surface area contributed by atoms with Crippen molar-refractivity contribution in [2.45, 2.75) is 0 Å². The Morgan fingerprint density at radius 1 is 1.00 bits per heavy atom. The van der Waals surface area contributed by atoms with Crippen LogP contribution in [0.4, 0.5) is 0 Å². The number of hydrogen-bond acceptors (Lipinski definition) is 0. The van der Waals surface area contributed by atoms with Crippen molar-refractivity contribution in [1.82, 2.24) is 0 Å². The largest absolute Gasteiger partial charge is 0.412 e. The quantitative estimate of drug-likeness (QED) is 0.489. The second kappa shape index (κ2) is 19.2. The average Bonchev–Trinajstić information content (AvgIpc) is 0. The first kappa shape index (κ1) is 35.4. The molecule has 4 heteroatoms. The summed E-state index contributed by atoms with van der Waals surface area (Å²) in [4.78, 5) is 0. The Morgan fingerprint density at radius 2 is 1.00 bits per heavy atom.